The van der Waals surface area contributed by atoms with Gasteiger partial charge in [0.15, 0.2) is 5.12 Å². The van der Waals surface area contributed by atoms with Crippen molar-refractivity contribution in [2.45, 2.75) is 32.7 Å². The van der Waals surface area contributed by atoms with Crippen LogP contribution in [0.4, 0.5) is 4.79 Å². The van der Waals surface area contributed by atoms with Gasteiger partial charge in [-0.3, -0.25) is 4.79 Å². The van der Waals surface area contributed by atoms with Crippen molar-refractivity contribution in [3.63, 3.8) is 0 Å². The highest BCUT2D eigenvalue weighted by atomic mass is 32.2. The zero-order chi connectivity index (χ0) is 14.8. The fourth-order valence-corrected chi connectivity index (χ4v) is 2.43. The van der Waals surface area contributed by atoms with Gasteiger partial charge in [0, 0.05) is 18.7 Å². The number of ether oxygens (including phenoxy) is 1. The van der Waals surface area contributed by atoms with Crippen molar-refractivity contribution in [2.75, 3.05) is 12.4 Å². The van der Waals surface area contributed by atoms with E-state index in [4.69, 9.17) is 4.74 Å². The maximum Gasteiger partial charge on any atom is 0.407 e. The molecule has 1 aromatic carbocycles. The van der Waals surface area contributed by atoms with Crippen LogP contribution in [0.5, 0.6) is 0 Å². The molecule has 1 atom stereocenters. The van der Waals surface area contributed by atoms with Gasteiger partial charge in [-0.15, -0.1) is 0 Å². The third kappa shape index (κ3) is 7.19. The Bertz CT molecular complexity index is 422. The van der Waals surface area contributed by atoms with Gasteiger partial charge in [-0.2, -0.15) is 0 Å². The van der Waals surface area contributed by atoms with Crippen molar-refractivity contribution in [1.29, 1.82) is 0 Å². The van der Waals surface area contributed by atoms with E-state index in [1.54, 1.807) is 6.92 Å². The lowest BCUT2D eigenvalue weighted by Crippen LogP contribution is -2.37. The highest BCUT2D eigenvalue weighted by Gasteiger charge is 2.14. The predicted octanol–water partition coefficient (Wildman–Crippen LogP) is 3.01. The van der Waals surface area contributed by atoms with Crippen molar-refractivity contribution < 1.29 is 14.3 Å². The van der Waals surface area contributed by atoms with Crippen LogP contribution in [-0.2, 0) is 16.0 Å². The summed E-state index contributed by atoms with van der Waals surface area (Å²) in [6.07, 6.45) is 1.22. The summed E-state index contributed by atoms with van der Waals surface area (Å²) in [7, 11) is 0. The molecular weight excluding hydrogens is 274 g/mol. The molecular formula is C15H21NO3S. The number of rotatable bonds is 7. The molecule has 0 saturated carbocycles. The topological polar surface area (TPSA) is 55.4 Å². The van der Waals surface area contributed by atoms with E-state index in [1.165, 1.54) is 24.2 Å². The number of nitrogens with one attached hydrogen (secondary N) is 1. The number of amides is 1. The molecule has 0 aliphatic heterocycles. The Kier molecular flexibility index (Phi) is 7.80. The molecule has 0 aromatic heterocycles. The molecule has 1 rings (SSSR count). The van der Waals surface area contributed by atoms with Crippen molar-refractivity contribution in [2.24, 2.45) is 0 Å². The zero-order valence-corrected chi connectivity index (χ0v) is 12.7. The first kappa shape index (κ1) is 16.6. The van der Waals surface area contributed by atoms with Gasteiger partial charge in [0.1, 0.15) is 0 Å². The van der Waals surface area contributed by atoms with Crippen molar-refractivity contribution in [3.05, 3.63) is 35.9 Å². The lowest BCUT2D eigenvalue weighted by molar-refractivity contribution is -0.109. The van der Waals surface area contributed by atoms with Crippen LogP contribution >= 0.6 is 11.8 Å². The molecule has 0 aliphatic rings. The Balaban J connectivity index is 2.48. The van der Waals surface area contributed by atoms with Gasteiger partial charge in [0.2, 0.25) is 0 Å². The summed E-state index contributed by atoms with van der Waals surface area (Å²) >= 11 is 1.23. The third-order valence-electron chi connectivity index (χ3n) is 2.71. The summed E-state index contributed by atoms with van der Waals surface area (Å²) in [5, 5.41) is 2.87. The average Bonchev–Trinajstić information content (AvgIpc) is 2.43. The second-order valence-corrected chi connectivity index (χ2v) is 5.59. The molecule has 0 saturated heterocycles. The van der Waals surface area contributed by atoms with E-state index in [0.29, 0.717) is 12.4 Å². The molecule has 0 fully saturated rings. The second-order valence-electron chi connectivity index (χ2n) is 4.39. The fraction of sp³-hybridized carbons (Fsp3) is 0.467. The Labute approximate surface area is 124 Å². The molecule has 0 bridgehead atoms. The summed E-state index contributed by atoms with van der Waals surface area (Å²) in [5.74, 6) is 0.570. The van der Waals surface area contributed by atoms with Gasteiger partial charge in [-0.1, -0.05) is 42.1 Å². The van der Waals surface area contributed by atoms with Crippen LogP contribution in [0.2, 0.25) is 0 Å². The highest BCUT2D eigenvalue weighted by Crippen LogP contribution is 2.11. The van der Waals surface area contributed by atoms with Crippen LogP contribution in [0.25, 0.3) is 0 Å². The molecule has 4 nitrogen and oxygen atoms in total. The van der Waals surface area contributed by atoms with E-state index < -0.39 is 6.09 Å². The average molecular weight is 295 g/mol. The number of aryl methyl sites for hydroxylation is 1. The molecule has 5 heteroatoms. The standard InChI is InChI=1S/C15H21NO3S/c1-3-19-15(18)16-14(11-20-12(2)17)10-9-13-7-5-4-6-8-13/h4-8,14H,3,9-11H2,1-2H3,(H,16,18). The quantitative estimate of drug-likeness (QED) is 0.840. The van der Waals surface area contributed by atoms with E-state index in [2.05, 4.69) is 17.4 Å². The minimum Gasteiger partial charge on any atom is -0.450 e. The first-order valence-electron chi connectivity index (χ1n) is 6.72. The minimum absolute atomic E-state index is 0.0559. The van der Waals surface area contributed by atoms with Gasteiger partial charge in [0.05, 0.1) is 6.61 Å². The number of carbonyl (C=O) groups excluding carboxylic acids is 2. The Morgan fingerprint density at radius 1 is 1.30 bits per heavy atom. The van der Waals surface area contributed by atoms with Crippen LogP contribution in [0, 0.1) is 0 Å². The number of hydrogen-bond acceptors (Lipinski definition) is 4. The molecule has 0 heterocycles. The number of hydrogen-bond donors (Lipinski definition) is 1. The molecule has 0 spiro atoms. The number of carbonyl (C=O) groups is 2. The Morgan fingerprint density at radius 3 is 2.60 bits per heavy atom. The molecule has 0 radical (unpaired) electrons. The molecule has 1 amide bonds. The van der Waals surface area contributed by atoms with E-state index >= 15 is 0 Å². The normalized spacial score (nSPS) is 11.7. The SMILES string of the molecule is CCOC(=O)NC(CCc1ccccc1)CSC(C)=O. The largest absolute Gasteiger partial charge is 0.450 e. The minimum atomic E-state index is -0.422. The molecule has 20 heavy (non-hydrogen) atoms. The van der Waals surface area contributed by atoms with E-state index in [-0.39, 0.29) is 11.2 Å². The van der Waals surface area contributed by atoms with Crippen molar-refractivity contribution in [1.82, 2.24) is 5.32 Å². The fourth-order valence-electron chi connectivity index (χ4n) is 1.74. The van der Waals surface area contributed by atoms with Crippen LogP contribution in [-0.4, -0.2) is 29.6 Å². The predicted molar refractivity (Wildman–Crippen MR) is 81.8 cm³/mol. The zero-order valence-electron chi connectivity index (χ0n) is 11.9. The van der Waals surface area contributed by atoms with Crippen LogP contribution in [0.1, 0.15) is 25.8 Å². The van der Waals surface area contributed by atoms with E-state index in [0.717, 1.165) is 12.8 Å². The van der Waals surface area contributed by atoms with Gasteiger partial charge in [-0.05, 0) is 25.3 Å². The number of thioether (sulfide) groups is 1. The molecule has 1 aromatic rings. The van der Waals surface area contributed by atoms with Gasteiger partial charge in [-0.25, -0.2) is 4.79 Å². The van der Waals surface area contributed by atoms with Gasteiger partial charge >= 0.3 is 6.09 Å². The lowest BCUT2D eigenvalue weighted by Gasteiger charge is -2.17. The third-order valence-corrected chi connectivity index (χ3v) is 3.69. The van der Waals surface area contributed by atoms with Crippen molar-refractivity contribution in [3.8, 4) is 0 Å². The first-order chi connectivity index (χ1) is 9.61. The molecule has 110 valence electrons. The van der Waals surface area contributed by atoms with Crippen LogP contribution in [0.15, 0.2) is 30.3 Å². The summed E-state index contributed by atoms with van der Waals surface area (Å²) in [6.45, 7) is 3.64. The second kappa shape index (κ2) is 9.42. The summed E-state index contributed by atoms with van der Waals surface area (Å²) in [5.41, 5.74) is 1.22. The van der Waals surface area contributed by atoms with Crippen LogP contribution in [0.3, 0.4) is 0 Å². The van der Waals surface area contributed by atoms with Crippen LogP contribution < -0.4 is 5.32 Å². The lowest BCUT2D eigenvalue weighted by atomic mass is 10.1. The Hall–Kier alpha value is -1.49. The summed E-state index contributed by atoms with van der Waals surface area (Å²) in [4.78, 5) is 22.5. The summed E-state index contributed by atoms with van der Waals surface area (Å²) < 4.78 is 4.89. The number of alkyl carbamates (subject to hydrolysis) is 1. The smallest absolute Gasteiger partial charge is 0.407 e. The maximum atomic E-state index is 11.5. The Morgan fingerprint density at radius 2 is 2.00 bits per heavy atom. The van der Waals surface area contributed by atoms with E-state index in [9.17, 15) is 9.59 Å². The van der Waals surface area contributed by atoms with Gasteiger partial charge in [0.25, 0.3) is 0 Å². The maximum absolute atomic E-state index is 11.5. The van der Waals surface area contributed by atoms with Gasteiger partial charge < -0.3 is 10.1 Å². The highest BCUT2D eigenvalue weighted by molar-refractivity contribution is 8.13. The van der Waals surface area contributed by atoms with Crippen molar-refractivity contribution >= 4 is 23.0 Å². The molecule has 0 aliphatic carbocycles. The summed E-state index contributed by atoms with van der Waals surface area (Å²) in [6, 6.07) is 10.0. The van der Waals surface area contributed by atoms with E-state index in [1.807, 2.05) is 18.2 Å². The monoisotopic (exact) mass is 295 g/mol. The first-order valence-corrected chi connectivity index (χ1v) is 7.71. The molecule has 1 N–H and O–H groups in total. The number of benzene rings is 1. The molecule has 1 unspecified atom stereocenters.